The molecule has 100 valence electrons. The van der Waals surface area contributed by atoms with Crippen LogP contribution >= 0.6 is 0 Å². The summed E-state index contributed by atoms with van der Waals surface area (Å²) in [6.07, 6.45) is 2.39. The van der Waals surface area contributed by atoms with E-state index in [2.05, 4.69) is 20.8 Å². The van der Waals surface area contributed by atoms with Crippen molar-refractivity contribution in [3.63, 3.8) is 0 Å². The molecule has 0 aliphatic heterocycles. The molecule has 0 radical (unpaired) electrons. The van der Waals surface area contributed by atoms with Gasteiger partial charge in [-0.15, -0.1) is 0 Å². The first-order valence-corrected chi connectivity index (χ1v) is 6.36. The fourth-order valence-corrected chi connectivity index (χ4v) is 1.92. The third-order valence-corrected chi connectivity index (χ3v) is 3.33. The number of hydrogen-bond donors (Lipinski definition) is 1. The van der Waals surface area contributed by atoms with E-state index in [-0.39, 0.29) is 6.61 Å². The molecule has 0 heterocycles. The molecule has 0 fully saturated rings. The van der Waals surface area contributed by atoms with Crippen LogP contribution in [-0.2, 0) is 9.53 Å². The van der Waals surface area contributed by atoms with Crippen LogP contribution < -0.4 is 0 Å². The van der Waals surface area contributed by atoms with E-state index in [1.54, 1.807) is 13.0 Å². The highest BCUT2D eigenvalue weighted by Crippen LogP contribution is 2.07. The van der Waals surface area contributed by atoms with Crippen LogP contribution in [0.5, 0.6) is 0 Å². The molecule has 4 heteroatoms. The molecule has 0 aromatic heterocycles. The van der Waals surface area contributed by atoms with Crippen molar-refractivity contribution < 1.29 is 19.1 Å². The molecular formula is C13H26NO3+. The van der Waals surface area contributed by atoms with E-state index in [0.717, 1.165) is 24.1 Å². The van der Waals surface area contributed by atoms with Crippen LogP contribution in [0.15, 0.2) is 12.2 Å². The van der Waals surface area contributed by atoms with Gasteiger partial charge in [0.05, 0.1) is 19.6 Å². The lowest BCUT2D eigenvalue weighted by Crippen LogP contribution is -2.52. The van der Waals surface area contributed by atoms with Crippen molar-refractivity contribution in [3.05, 3.63) is 12.2 Å². The zero-order valence-electron chi connectivity index (χ0n) is 11.5. The van der Waals surface area contributed by atoms with Crippen LogP contribution in [0.25, 0.3) is 0 Å². The van der Waals surface area contributed by atoms with Crippen LogP contribution in [0.2, 0.25) is 0 Å². The molecule has 1 unspecified atom stereocenters. The Morgan fingerprint density at radius 3 is 2.24 bits per heavy atom. The van der Waals surface area contributed by atoms with Gasteiger partial charge in [-0.3, -0.25) is 0 Å². The molecule has 0 aromatic rings. The maximum absolute atomic E-state index is 11.1. The number of hydrogen-bond acceptors (Lipinski definition) is 3. The first kappa shape index (κ1) is 16.1. The van der Waals surface area contributed by atoms with Gasteiger partial charge in [0.15, 0.2) is 0 Å². The van der Waals surface area contributed by atoms with Gasteiger partial charge in [0, 0.05) is 6.08 Å². The van der Waals surface area contributed by atoms with E-state index < -0.39 is 12.1 Å². The van der Waals surface area contributed by atoms with Crippen molar-refractivity contribution in [2.75, 3.05) is 32.8 Å². The van der Waals surface area contributed by atoms with Crippen LogP contribution in [0, 0.1) is 0 Å². The molecule has 0 saturated carbocycles. The average Bonchev–Trinajstić information content (AvgIpc) is 2.34. The summed E-state index contributed by atoms with van der Waals surface area (Å²) in [5.41, 5.74) is 0. The first-order chi connectivity index (χ1) is 8.03. The van der Waals surface area contributed by atoms with Gasteiger partial charge in [-0.2, -0.15) is 0 Å². The summed E-state index contributed by atoms with van der Waals surface area (Å²) in [5, 5.41) is 9.88. The van der Waals surface area contributed by atoms with E-state index in [4.69, 9.17) is 4.74 Å². The SMILES string of the molecule is CC=CC(=O)OCC(O)C[N+](CC)(CC)CC. The largest absolute Gasteiger partial charge is 0.460 e. The number of ether oxygens (including phenoxy) is 1. The highest BCUT2D eigenvalue weighted by Gasteiger charge is 2.25. The van der Waals surface area contributed by atoms with Crippen LogP contribution in [0.3, 0.4) is 0 Å². The number of allylic oxidation sites excluding steroid dienone is 1. The minimum atomic E-state index is -0.593. The fraction of sp³-hybridized carbons (Fsp3) is 0.769. The monoisotopic (exact) mass is 244 g/mol. The van der Waals surface area contributed by atoms with Gasteiger partial charge < -0.3 is 14.3 Å². The van der Waals surface area contributed by atoms with Gasteiger partial charge in [-0.05, 0) is 27.7 Å². The number of aliphatic hydroxyl groups is 1. The quantitative estimate of drug-likeness (QED) is 0.398. The number of carbonyl (C=O) groups is 1. The van der Waals surface area contributed by atoms with Gasteiger partial charge in [0.25, 0.3) is 0 Å². The van der Waals surface area contributed by atoms with Gasteiger partial charge in [-0.1, -0.05) is 6.08 Å². The zero-order valence-corrected chi connectivity index (χ0v) is 11.5. The summed E-state index contributed by atoms with van der Waals surface area (Å²) in [6, 6.07) is 0. The fourth-order valence-electron chi connectivity index (χ4n) is 1.92. The Bertz CT molecular complexity index is 239. The third-order valence-electron chi connectivity index (χ3n) is 3.33. The minimum Gasteiger partial charge on any atom is -0.460 e. The number of likely N-dealkylation sites (N-methyl/N-ethyl adjacent to an activating group) is 1. The molecule has 4 nitrogen and oxygen atoms in total. The minimum absolute atomic E-state index is 0.0726. The average molecular weight is 244 g/mol. The molecule has 1 atom stereocenters. The Morgan fingerprint density at radius 2 is 1.82 bits per heavy atom. The molecule has 0 saturated heterocycles. The Hall–Kier alpha value is -0.870. The number of nitrogens with zero attached hydrogens (tertiary/aromatic N) is 1. The zero-order chi connectivity index (χ0) is 13.3. The molecular weight excluding hydrogens is 218 g/mol. The normalized spacial score (nSPS) is 13.9. The second-order valence-corrected chi connectivity index (χ2v) is 4.26. The van der Waals surface area contributed by atoms with Crippen LogP contribution in [0.4, 0.5) is 0 Å². The Kier molecular flexibility index (Phi) is 7.83. The second-order valence-electron chi connectivity index (χ2n) is 4.26. The lowest BCUT2D eigenvalue weighted by atomic mass is 10.2. The molecule has 0 aliphatic carbocycles. The van der Waals surface area contributed by atoms with E-state index in [1.807, 2.05) is 0 Å². The maximum atomic E-state index is 11.1. The van der Waals surface area contributed by atoms with Crippen molar-refractivity contribution in [2.24, 2.45) is 0 Å². The van der Waals surface area contributed by atoms with Crippen molar-refractivity contribution in [1.29, 1.82) is 0 Å². The Morgan fingerprint density at radius 1 is 1.29 bits per heavy atom. The number of carbonyl (C=O) groups excluding carboxylic acids is 1. The van der Waals surface area contributed by atoms with Crippen molar-refractivity contribution in [3.8, 4) is 0 Å². The summed E-state index contributed by atoms with van der Waals surface area (Å²) < 4.78 is 5.79. The predicted molar refractivity (Wildman–Crippen MR) is 68.5 cm³/mol. The number of rotatable bonds is 8. The summed E-state index contributed by atoms with van der Waals surface area (Å²) in [5.74, 6) is -0.394. The van der Waals surface area contributed by atoms with E-state index in [1.165, 1.54) is 6.08 Å². The first-order valence-electron chi connectivity index (χ1n) is 6.36. The maximum Gasteiger partial charge on any atom is 0.330 e. The van der Waals surface area contributed by atoms with Crippen molar-refractivity contribution >= 4 is 5.97 Å². The lowest BCUT2D eigenvalue weighted by molar-refractivity contribution is -0.926. The molecule has 0 rings (SSSR count). The number of esters is 1. The summed E-state index contributed by atoms with van der Waals surface area (Å²) in [6.45, 7) is 11.7. The number of aliphatic hydroxyl groups excluding tert-OH is 1. The van der Waals surface area contributed by atoms with Crippen molar-refractivity contribution in [1.82, 2.24) is 0 Å². The van der Waals surface area contributed by atoms with Gasteiger partial charge in [-0.25, -0.2) is 4.79 Å². The molecule has 17 heavy (non-hydrogen) atoms. The summed E-state index contributed by atoms with van der Waals surface area (Å²) in [7, 11) is 0. The summed E-state index contributed by atoms with van der Waals surface area (Å²) >= 11 is 0. The molecule has 0 aromatic carbocycles. The highest BCUT2D eigenvalue weighted by atomic mass is 16.5. The smallest absolute Gasteiger partial charge is 0.330 e. The topological polar surface area (TPSA) is 46.5 Å². The standard InChI is InChI=1S/C13H26NO3/c1-5-9-13(16)17-11-12(15)10-14(6-2,7-3)8-4/h5,9,12,15H,6-8,10-11H2,1-4H3/q+1. The van der Waals surface area contributed by atoms with Gasteiger partial charge >= 0.3 is 5.97 Å². The molecule has 0 aliphatic rings. The molecule has 0 spiro atoms. The summed E-state index contributed by atoms with van der Waals surface area (Å²) in [4.78, 5) is 11.1. The van der Waals surface area contributed by atoms with Crippen LogP contribution in [-0.4, -0.2) is 54.4 Å². The second kappa shape index (κ2) is 8.25. The lowest BCUT2D eigenvalue weighted by Gasteiger charge is -2.37. The molecule has 1 N–H and O–H groups in total. The van der Waals surface area contributed by atoms with E-state index in [0.29, 0.717) is 6.54 Å². The number of quaternary nitrogens is 1. The van der Waals surface area contributed by atoms with Gasteiger partial charge in [0.1, 0.15) is 19.3 Å². The highest BCUT2D eigenvalue weighted by molar-refractivity contribution is 5.81. The van der Waals surface area contributed by atoms with Crippen molar-refractivity contribution in [2.45, 2.75) is 33.8 Å². The predicted octanol–water partition coefficient (Wildman–Crippen LogP) is 1.34. The Labute approximate surface area is 104 Å². The van der Waals surface area contributed by atoms with Crippen LogP contribution in [0.1, 0.15) is 27.7 Å². The molecule has 0 bridgehead atoms. The van der Waals surface area contributed by atoms with Gasteiger partial charge in [0.2, 0.25) is 0 Å². The Balaban J connectivity index is 4.15. The third kappa shape index (κ3) is 5.84. The van der Waals surface area contributed by atoms with E-state index in [9.17, 15) is 9.90 Å². The molecule has 0 amide bonds. The van der Waals surface area contributed by atoms with E-state index >= 15 is 0 Å².